The zero-order chi connectivity index (χ0) is 13.7. The predicted octanol–water partition coefficient (Wildman–Crippen LogP) is 2.33. The van der Waals surface area contributed by atoms with Crippen LogP contribution in [0.3, 0.4) is 0 Å². The zero-order valence-electron chi connectivity index (χ0n) is 10.5. The summed E-state index contributed by atoms with van der Waals surface area (Å²) in [5.41, 5.74) is 2.41. The molecular formula is C13H9ClN6. The second kappa shape index (κ2) is 4.01. The Bertz CT molecular complexity index is 938. The van der Waals surface area contributed by atoms with Gasteiger partial charge in [-0.15, -0.1) is 10.2 Å². The molecule has 1 aromatic carbocycles. The Labute approximate surface area is 118 Å². The average Bonchev–Trinajstić information content (AvgIpc) is 3.00. The molecular weight excluding hydrogens is 276 g/mol. The Morgan fingerprint density at radius 1 is 1.00 bits per heavy atom. The lowest BCUT2D eigenvalue weighted by Gasteiger charge is -1.96. The molecule has 0 N–H and O–H groups in total. The van der Waals surface area contributed by atoms with Crippen molar-refractivity contribution in [2.24, 2.45) is 7.05 Å². The minimum Gasteiger partial charge on any atom is -0.267 e. The van der Waals surface area contributed by atoms with Gasteiger partial charge >= 0.3 is 0 Å². The quantitative estimate of drug-likeness (QED) is 0.538. The molecule has 0 spiro atoms. The number of fused-ring (bicyclic) bond motifs is 2. The van der Waals surface area contributed by atoms with E-state index in [0.717, 1.165) is 16.6 Å². The van der Waals surface area contributed by atoms with Crippen molar-refractivity contribution >= 4 is 28.2 Å². The van der Waals surface area contributed by atoms with Crippen LogP contribution in [0.5, 0.6) is 0 Å². The average molecular weight is 285 g/mol. The normalized spacial score (nSPS) is 11.5. The van der Waals surface area contributed by atoms with Crippen LogP contribution in [0, 0.1) is 0 Å². The second-order valence-electron chi connectivity index (χ2n) is 4.44. The van der Waals surface area contributed by atoms with Gasteiger partial charge in [0.05, 0.1) is 5.52 Å². The molecule has 0 bridgehead atoms. The van der Waals surface area contributed by atoms with Gasteiger partial charge in [-0.25, -0.2) is 0 Å². The third kappa shape index (κ3) is 1.51. The lowest BCUT2D eigenvalue weighted by molar-refractivity contribution is 0.793. The molecule has 0 fully saturated rings. The van der Waals surface area contributed by atoms with E-state index in [4.69, 9.17) is 11.6 Å². The molecule has 4 rings (SSSR count). The van der Waals surface area contributed by atoms with E-state index in [1.54, 1.807) is 16.6 Å². The highest BCUT2D eigenvalue weighted by Crippen LogP contribution is 2.26. The number of aryl methyl sites for hydroxylation is 1. The lowest BCUT2D eigenvalue weighted by Crippen LogP contribution is -1.96. The fourth-order valence-electron chi connectivity index (χ4n) is 2.29. The summed E-state index contributed by atoms with van der Waals surface area (Å²) in [6.45, 7) is 0. The number of nitrogens with zero attached hydrogens (tertiary/aromatic N) is 6. The van der Waals surface area contributed by atoms with Crippen molar-refractivity contribution in [1.82, 2.24) is 29.6 Å². The van der Waals surface area contributed by atoms with Gasteiger partial charge in [-0.05, 0) is 18.2 Å². The summed E-state index contributed by atoms with van der Waals surface area (Å²) in [7, 11) is 1.90. The molecule has 0 aliphatic rings. The van der Waals surface area contributed by atoms with E-state index in [9.17, 15) is 0 Å². The van der Waals surface area contributed by atoms with Crippen molar-refractivity contribution in [3.8, 4) is 11.5 Å². The highest BCUT2D eigenvalue weighted by molar-refractivity contribution is 6.29. The maximum atomic E-state index is 5.95. The molecule has 98 valence electrons. The van der Waals surface area contributed by atoms with Crippen molar-refractivity contribution < 1.29 is 0 Å². The predicted molar refractivity (Wildman–Crippen MR) is 75.5 cm³/mol. The van der Waals surface area contributed by atoms with Crippen molar-refractivity contribution in [2.75, 3.05) is 0 Å². The molecule has 0 saturated carbocycles. The number of hydrogen-bond donors (Lipinski definition) is 0. The van der Waals surface area contributed by atoms with Gasteiger partial charge in [-0.1, -0.05) is 29.8 Å². The first-order valence-corrected chi connectivity index (χ1v) is 6.42. The van der Waals surface area contributed by atoms with Crippen LogP contribution >= 0.6 is 11.6 Å². The largest absolute Gasteiger partial charge is 0.267 e. The molecule has 0 saturated heterocycles. The fourth-order valence-corrected chi connectivity index (χ4v) is 2.43. The van der Waals surface area contributed by atoms with Gasteiger partial charge in [0.2, 0.25) is 5.82 Å². The summed E-state index contributed by atoms with van der Waals surface area (Å²) < 4.78 is 3.42. The molecule has 0 unspecified atom stereocenters. The van der Waals surface area contributed by atoms with E-state index < -0.39 is 0 Å². The van der Waals surface area contributed by atoms with Gasteiger partial charge in [-0.2, -0.15) is 14.7 Å². The van der Waals surface area contributed by atoms with Gasteiger partial charge in [0.15, 0.2) is 5.65 Å². The molecule has 4 aromatic rings. The molecule has 0 aliphatic carbocycles. The zero-order valence-corrected chi connectivity index (χ0v) is 11.3. The molecule has 0 aliphatic heterocycles. The maximum Gasteiger partial charge on any atom is 0.206 e. The Kier molecular flexibility index (Phi) is 2.28. The first-order valence-electron chi connectivity index (χ1n) is 6.04. The van der Waals surface area contributed by atoms with Crippen LogP contribution in [-0.4, -0.2) is 29.6 Å². The number of para-hydroxylation sites is 1. The molecule has 7 heteroatoms. The molecule has 3 heterocycles. The van der Waals surface area contributed by atoms with Crippen LogP contribution in [0.1, 0.15) is 0 Å². The van der Waals surface area contributed by atoms with Crippen LogP contribution in [-0.2, 0) is 7.05 Å². The van der Waals surface area contributed by atoms with Crippen LogP contribution < -0.4 is 0 Å². The highest BCUT2D eigenvalue weighted by atomic mass is 35.5. The molecule has 3 aromatic heterocycles. The number of benzene rings is 1. The summed E-state index contributed by atoms with van der Waals surface area (Å²) in [5, 5.41) is 18.4. The fraction of sp³-hybridized carbons (Fsp3) is 0.0769. The molecule has 0 atom stereocenters. The first kappa shape index (κ1) is 11.4. The summed E-state index contributed by atoms with van der Waals surface area (Å²) in [6, 6.07) is 11.4. The van der Waals surface area contributed by atoms with E-state index in [1.807, 2.05) is 36.0 Å². The summed E-state index contributed by atoms with van der Waals surface area (Å²) in [6.07, 6.45) is 0. The van der Waals surface area contributed by atoms with E-state index >= 15 is 0 Å². The van der Waals surface area contributed by atoms with E-state index in [0.29, 0.717) is 16.6 Å². The summed E-state index contributed by atoms with van der Waals surface area (Å²) >= 11 is 5.95. The monoisotopic (exact) mass is 284 g/mol. The number of aromatic nitrogens is 6. The summed E-state index contributed by atoms with van der Waals surface area (Å²) in [4.78, 5) is 0. The summed E-state index contributed by atoms with van der Waals surface area (Å²) in [5.74, 6) is 0.583. The third-order valence-corrected chi connectivity index (χ3v) is 3.40. The Morgan fingerprint density at radius 3 is 2.75 bits per heavy atom. The minimum absolute atomic E-state index is 0.388. The van der Waals surface area contributed by atoms with Crippen molar-refractivity contribution in [3.05, 3.63) is 41.6 Å². The van der Waals surface area contributed by atoms with Gasteiger partial charge in [0, 0.05) is 12.4 Å². The number of halogens is 1. The topological polar surface area (TPSA) is 60.9 Å². The molecule has 6 nitrogen and oxygen atoms in total. The van der Waals surface area contributed by atoms with Crippen molar-refractivity contribution in [2.45, 2.75) is 0 Å². The Hall–Kier alpha value is -2.47. The van der Waals surface area contributed by atoms with Gasteiger partial charge in [0.25, 0.3) is 0 Å². The van der Waals surface area contributed by atoms with E-state index in [2.05, 4.69) is 20.4 Å². The standard InChI is InChI=1S/C13H9ClN6/c1-19-9-5-3-2-4-8(9)12(18-19)13-16-15-11-7-6-10(14)17-20(11)13/h2-7H,1H3. The molecule has 0 amide bonds. The van der Waals surface area contributed by atoms with Gasteiger partial charge in [0.1, 0.15) is 10.8 Å². The SMILES string of the molecule is Cn1nc(-c2nnc3ccc(Cl)nn23)c2ccccc21. The van der Waals surface area contributed by atoms with Gasteiger partial charge < -0.3 is 0 Å². The van der Waals surface area contributed by atoms with Crippen LogP contribution in [0.2, 0.25) is 5.15 Å². The van der Waals surface area contributed by atoms with Gasteiger partial charge in [-0.3, -0.25) is 4.68 Å². The highest BCUT2D eigenvalue weighted by Gasteiger charge is 2.16. The lowest BCUT2D eigenvalue weighted by atomic mass is 10.2. The Morgan fingerprint density at radius 2 is 1.85 bits per heavy atom. The minimum atomic E-state index is 0.388. The Balaban J connectivity index is 2.09. The van der Waals surface area contributed by atoms with E-state index in [1.165, 1.54) is 0 Å². The maximum absolute atomic E-state index is 5.95. The van der Waals surface area contributed by atoms with Crippen LogP contribution in [0.15, 0.2) is 36.4 Å². The van der Waals surface area contributed by atoms with Crippen molar-refractivity contribution in [1.29, 1.82) is 0 Å². The van der Waals surface area contributed by atoms with Crippen LogP contribution in [0.4, 0.5) is 0 Å². The molecule has 0 radical (unpaired) electrons. The number of hydrogen-bond acceptors (Lipinski definition) is 4. The smallest absolute Gasteiger partial charge is 0.206 e. The van der Waals surface area contributed by atoms with E-state index in [-0.39, 0.29) is 0 Å². The van der Waals surface area contributed by atoms with Crippen molar-refractivity contribution in [3.63, 3.8) is 0 Å². The first-order chi connectivity index (χ1) is 9.74. The van der Waals surface area contributed by atoms with Crippen LogP contribution in [0.25, 0.3) is 28.1 Å². The number of rotatable bonds is 1. The third-order valence-electron chi connectivity index (χ3n) is 3.20. The molecule has 20 heavy (non-hydrogen) atoms. The second-order valence-corrected chi connectivity index (χ2v) is 4.83.